The molecule has 0 bridgehead atoms. The number of hydrogen-bond donors (Lipinski definition) is 2. The summed E-state index contributed by atoms with van der Waals surface area (Å²) in [4.78, 5) is 24.6. The number of piperazine rings is 1. The normalized spacial score (nSPS) is 25.5. The molecule has 5 nitrogen and oxygen atoms in total. The van der Waals surface area contributed by atoms with E-state index in [-0.39, 0.29) is 25.9 Å². The number of aliphatic hydroxyl groups is 1. The van der Waals surface area contributed by atoms with Gasteiger partial charge in [0.1, 0.15) is 11.1 Å². The maximum absolute atomic E-state index is 14.1. The molecule has 0 aromatic carbocycles. The maximum Gasteiger partial charge on any atom is 0.352 e. The number of amides is 2. The number of nitrogens with one attached hydrogen (secondary N) is 1. The van der Waals surface area contributed by atoms with E-state index in [0.717, 1.165) is 4.90 Å². The molecule has 7 heteroatoms. The summed E-state index contributed by atoms with van der Waals surface area (Å²) in [6.45, 7) is 2.99. The zero-order valence-electron chi connectivity index (χ0n) is 11.0. The summed E-state index contributed by atoms with van der Waals surface area (Å²) in [6.07, 6.45) is 0.293. The molecule has 2 rings (SSSR count). The van der Waals surface area contributed by atoms with Crippen LogP contribution in [0.15, 0.2) is 0 Å². The van der Waals surface area contributed by atoms with Crippen molar-refractivity contribution in [2.75, 3.05) is 13.1 Å². The van der Waals surface area contributed by atoms with Gasteiger partial charge in [-0.1, -0.05) is 0 Å². The average molecular weight is 276 g/mol. The number of carbonyl (C=O) groups is 2. The molecule has 1 saturated heterocycles. The van der Waals surface area contributed by atoms with E-state index in [1.807, 2.05) is 0 Å². The summed E-state index contributed by atoms with van der Waals surface area (Å²) in [5.41, 5.74) is -3.59. The molecule has 19 heavy (non-hydrogen) atoms. The van der Waals surface area contributed by atoms with Gasteiger partial charge in [-0.25, -0.2) is 0 Å². The number of hydrogen-bond acceptors (Lipinski definition) is 3. The first kappa shape index (κ1) is 14.2. The Morgan fingerprint density at radius 3 is 2.47 bits per heavy atom. The van der Waals surface area contributed by atoms with Crippen LogP contribution in [0.2, 0.25) is 0 Å². The predicted molar refractivity (Wildman–Crippen MR) is 62.5 cm³/mol. The molecule has 0 spiro atoms. The van der Waals surface area contributed by atoms with Gasteiger partial charge in [-0.3, -0.25) is 9.59 Å². The molecule has 0 unspecified atom stereocenters. The lowest BCUT2D eigenvalue weighted by molar-refractivity contribution is -0.227. The van der Waals surface area contributed by atoms with Crippen LogP contribution in [0.3, 0.4) is 0 Å². The third-order valence-electron chi connectivity index (χ3n) is 4.13. The van der Waals surface area contributed by atoms with Crippen molar-refractivity contribution in [1.29, 1.82) is 0 Å². The molecule has 1 saturated carbocycles. The second-order valence-electron chi connectivity index (χ2n) is 5.73. The maximum atomic E-state index is 14.1. The Balaban J connectivity index is 2.25. The van der Waals surface area contributed by atoms with Crippen molar-refractivity contribution >= 4 is 11.8 Å². The largest absolute Gasteiger partial charge is 0.383 e. The average Bonchev–Trinajstić information content (AvgIpc) is 2.28. The topological polar surface area (TPSA) is 69.6 Å². The third-order valence-corrected chi connectivity index (χ3v) is 4.13. The van der Waals surface area contributed by atoms with Crippen LogP contribution in [-0.4, -0.2) is 52.0 Å². The minimum atomic E-state index is -3.85. The Morgan fingerprint density at radius 1 is 1.42 bits per heavy atom. The van der Waals surface area contributed by atoms with E-state index in [1.54, 1.807) is 0 Å². The fourth-order valence-electron chi connectivity index (χ4n) is 2.45. The lowest BCUT2D eigenvalue weighted by Gasteiger charge is -2.47. The molecule has 0 atom stereocenters. The Labute approximate surface area is 109 Å². The van der Waals surface area contributed by atoms with Gasteiger partial charge in [0.25, 0.3) is 5.91 Å². The molecular weight excluding hydrogens is 258 g/mol. The molecule has 2 N–H and O–H groups in total. The summed E-state index contributed by atoms with van der Waals surface area (Å²) in [6, 6.07) is 0. The van der Waals surface area contributed by atoms with Crippen LogP contribution in [0.4, 0.5) is 8.78 Å². The van der Waals surface area contributed by atoms with Crippen molar-refractivity contribution in [1.82, 2.24) is 10.2 Å². The summed E-state index contributed by atoms with van der Waals surface area (Å²) in [5.74, 6) is -5.78. The Kier molecular flexibility index (Phi) is 3.08. The summed E-state index contributed by atoms with van der Waals surface area (Å²) < 4.78 is 28.3. The Bertz CT molecular complexity index is 419. The van der Waals surface area contributed by atoms with E-state index in [1.165, 1.54) is 13.8 Å². The first-order chi connectivity index (χ1) is 8.63. The van der Waals surface area contributed by atoms with Gasteiger partial charge >= 0.3 is 5.92 Å². The van der Waals surface area contributed by atoms with E-state index in [9.17, 15) is 23.5 Å². The van der Waals surface area contributed by atoms with Gasteiger partial charge < -0.3 is 15.3 Å². The molecule has 2 aliphatic rings. The summed E-state index contributed by atoms with van der Waals surface area (Å²) >= 11 is 0. The zero-order valence-corrected chi connectivity index (χ0v) is 11.0. The van der Waals surface area contributed by atoms with E-state index < -0.39 is 28.9 Å². The van der Waals surface area contributed by atoms with Crippen molar-refractivity contribution in [2.24, 2.45) is 0 Å². The van der Waals surface area contributed by atoms with Crippen molar-refractivity contribution in [3.8, 4) is 0 Å². The smallest absolute Gasteiger partial charge is 0.352 e. The van der Waals surface area contributed by atoms with E-state index in [2.05, 4.69) is 5.32 Å². The highest BCUT2D eigenvalue weighted by molar-refractivity contribution is 5.94. The molecule has 0 radical (unpaired) electrons. The minimum absolute atomic E-state index is 0.0171. The quantitative estimate of drug-likeness (QED) is 0.761. The summed E-state index contributed by atoms with van der Waals surface area (Å²) in [5, 5.41) is 12.3. The highest BCUT2D eigenvalue weighted by atomic mass is 19.3. The van der Waals surface area contributed by atoms with Gasteiger partial charge in [-0.2, -0.15) is 8.78 Å². The third kappa shape index (κ3) is 1.91. The van der Waals surface area contributed by atoms with Gasteiger partial charge in [0.2, 0.25) is 5.91 Å². The standard InChI is InChI=1S/C12H18F2N2O3/c1-10(2)8(17)15-6-7-16(10)9(18)12(13,14)11(19)4-3-5-11/h19H,3-7H2,1-2H3,(H,15,17). The van der Waals surface area contributed by atoms with E-state index in [4.69, 9.17) is 0 Å². The van der Waals surface area contributed by atoms with E-state index >= 15 is 0 Å². The minimum Gasteiger partial charge on any atom is -0.383 e. The van der Waals surface area contributed by atoms with Crippen molar-refractivity contribution in [3.05, 3.63) is 0 Å². The van der Waals surface area contributed by atoms with Crippen molar-refractivity contribution in [3.63, 3.8) is 0 Å². The number of halogens is 2. The molecule has 2 fully saturated rings. The zero-order chi connectivity index (χ0) is 14.5. The van der Waals surface area contributed by atoms with Gasteiger partial charge in [0, 0.05) is 13.1 Å². The van der Waals surface area contributed by atoms with Crippen LogP contribution >= 0.6 is 0 Å². The Morgan fingerprint density at radius 2 is 2.00 bits per heavy atom. The highest BCUT2D eigenvalue weighted by Gasteiger charge is 2.64. The number of rotatable bonds is 2. The molecule has 108 valence electrons. The molecular formula is C12H18F2N2O3. The fraction of sp³-hybridized carbons (Fsp3) is 0.833. The van der Waals surface area contributed by atoms with Gasteiger partial charge in [-0.05, 0) is 33.1 Å². The van der Waals surface area contributed by atoms with E-state index in [0.29, 0.717) is 6.42 Å². The summed E-state index contributed by atoms with van der Waals surface area (Å²) in [7, 11) is 0. The highest BCUT2D eigenvalue weighted by Crippen LogP contribution is 2.45. The molecule has 2 amide bonds. The molecule has 1 heterocycles. The molecule has 1 aliphatic carbocycles. The number of alkyl halides is 2. The first-order valence-electron chi connectivity index (χ1n) is 6.33. The number of carbonyl (C=O) groups excluding carboxylic acids is 2. The lowest BCUT2D eigenvalue weighted by atomic mass is 9.74. The molecule has 0 aromatic rings. The van der Waals surface area contributed by atoms with Crippen LogP contribution in [0, 0.1) is 0 Å². The van der Waals surface area contributed by atoms with Gasteiger partial charge in [0.15, 0.2) is 0 Å². The monoisotopic (exact) mass is 276 g/mol. The number of nitrogens with zero attached hydrogens (tertiary/aromatic N) is 1. The van der Waals surface area contributed by atoms with Gasteiger partial charge in [0.05, 0.1) is 0 Å². The molecule has 1 aliphatic heterocycles. The van der Waals surface area contributed by atoms with Crippen LogP contribution in [0.25, 0.3) is 0 Å². The second-order valence-corrected chi connectivity index (χ2v) is 5.73. The van der Waals surface area contributed by atoms with Crippen LogP contribution in [-0.2, 0) is 9.59 Å². The Hall–Kier alpha value is -1.24. The van der Waals surface area contributed by atoms with Crippen LogP contribution in [0.5, 0.6) is 0 Å². The predicted octanol–water partition coefficient (Wildman–Crippen LogP) is 0.274. The molecule has 0 aromatic heterocycles. The fourth-order valence-corrected chi connectivity index (χ4v) is 2.45. The van der Waals surface area contributed by atoms with Crippen LogP contribution in [0.1, 0.15) is 33.1 Å². The SMILES string of the molecule is CC1(C)C(=O)NCCN1C(=O)C(F)(F)C1(O)CCC1. The van der Waals surface area contributed by atoms with Crippen LogP contribution < -0.4 is 5.32 Å². The first-order valence-corrected chi connectivity index (χ1v) is 6.33. The van der Waals surface area contributed by atoms with Crippen molar-refractivity contribution in [2.45, 2.75) is 50.2 Å². The van der Waals surface area contributed by atoms with Gasteiger partial charge in [-0.15, -0.1) is 0 Å². The lowest BCUT2D eigenvalue weighted by Crippen LogP contribution is -2.69. The van der Waals surface area contributed by atoms with Crippen molar-refractivity contribution < 1.29 is 23.5 Å². The second kappa shape index (κ2) is 4.13.